The van der Waals surface area contributed by atoms with Gasteiger partial charge >= 0.3 is 59.1 Å². The Morgan fingerprint density at radius 3 is 0.886 bits per heavy atom. The van der Waals surface area contributed by atoms with E-state index in [9.17, 15) is 29.4 Å². The molecule has 0 aliphatic carbocycles. The number of unbranched alkanes of at least 4 members (excludes halogenated alkanes) is 18. The monoisotopic (exact) mass is 640 g/mol. The largest absolute Gasteiger partial charge is 1.00 e. The summed E-state index contributed by atoms with van der Waals surface area (Å²) in [5.74, 6) is -2.70. The number of carbonyl (C=O) groups excluding carboxylic acids is 4. The van der Waals surface area contributed by atoms with Gasteiger partial charge in [-0.15, -0.1) is 0 Å². The molecule has 2 amide bonds. The van der Waals surface area contributed by atoms with Gasteiger partial charge in [0.15, 0.2) is 0 Å². The summed E-state index contributed by atoms with van der Waals surface area (Å²) in [5, 5.41) is 22.2. The molecule has 10 heteroatoms. The van der Waals surface area contributed by atoms with Gasteiger partial charge in [0.05, 0.1) is 0 Å². The maximum atomic E-state index is 12.9. The van der Waals surface area contributed by atoms with Crippen LogP contribution < -0.4 is 69.3 Å². The zero-order valence-corrected chi connectivity index (χ0v) is 33.1. The van der Waals surface area contributed by atoms with Gasteiger partial charge < -0.3 is 29.6 Å². The second kappa shape index (κ2) is 35.7. The predicted octanol–water partition coefficient (Wildman–Crippen LogP) is -0.446. The average molecular weight is 641 g/mol. The molecule has 0 aromatic heterocycles. The van der Waals surface area contributed by atoms with Gasteiger partial charge in [0, 0.05) is 63.8 Å². The van der Waals surface area contributed by atoms with Crippen molar-refractivity contribution in [2.45, 2.75) is 168 Å². The van der Waals surface area contributed by atoms with Crippen molar-refractivity contribution in [1.29, 1.82) is 0 Å². The molecule has 0 N–H and O–H groups in total. The van der Waals surface area contributed by atoms with Crippen molar-refractivity contribution in [1.82, 2.24) is 9.80 Å². The van der Waals surface area contributed by atoms with E-state index in [-0.39, 0.29) is 110 Å². The van der Waals surface area contributed by atoms with E-state index in [1.807, 2.05) is 0 Å². The molecule has 8 nitrogen and oxygen atoms in total. The number of carbonyl (C=O) groups is 4. The van der Waals surface area contributed by atoms with Crippen LogP contribution in [0, 0.1) is 0 Å². The van der Waals surface area contributed by atoms with Gasteiger partial charge in [-0.05, 0) is 12.8 Å². The summed E-state index contributed by atoms with van der Waals surface area (Å²) >= 11 is 0. The summed E-state index contributed by atoms with van der Waals surface area (Å²) in [4.78, 5) is 51.0. The number of aliphatic carboxylic acids is 2. The second-order valence-corrected chi connectivity index (χ2v) is 11.9. The molecule has 0 aromatic carbocycles. The molecule has 0 bridgehead atoms. The van der Waals surface area contributed by atoms with Crippen LogP contribution in [-0.2, 0) is 19.2 Å². The standard InChI is InChI=1S/C34H64N2O6.2Na/c1-3-5-7-9-11-13-15-17-19-21-23-31(37)35(27-25-33(39)40)29-30-36(28-26-34(41)42)32(38)24-22-20-18-16-14-12-10-8-6-4-2;;/h3-30H2,1-2H3,(H,39,40)(H,41,42);;/q;2*+1/p-2. The molecule has 44 heavy (non-hydrogen) atoms. The van der Waals surface area contributed by atoms with Gasteiger partial charge in [-0.3, -0.25) is 9.59 Å². The molecule has 0 atom stereocenters. The molecule has 0 fully saturated rings. The van der Waals surface area contributed by atoms with Gasteiger partial charge in [0.1, 0.15) is 0 Å². The zero-order valence-electron chi connectivity index (χ0n) is 29.1. The van der Waals surface area contributed by atoms with Crippen LogP contribution >= 0.6 is 0 Å². The molecule has 0 saturated carbocycles. The average Bonchev–Trinajstić information content (AvgIpc) is 2.95. The minimum Gasteiger partial charge on any atom is -0.550 e. The van der Waals surface area contributed by atoms with Crippen LogP contribution in [0.2, 0.25) is 0 Å². The summed E-state index contributed by atoms with van der Waals surface area (Å²) in [6.07, 6.45) is 23.4. The van der Waals surface area contributed by atoms with Crippen LogP contribution in [0.5, 0.6) is 0 Å². The third-order valence-electron chi connectivity index (χ3n) is 8.01. The Labute approximate surface area is 313 Å². The quantitative estimate of drug-likeness (QED) is 0.0749. The summed E-state index contributed by atoms with van der Waals surface area (Å²) in [6.45, 7) is 4.85. The van der Waals surface area contributed by atoms with Crippen LogP contribution in [0.3, 0.4) is 0 Å². The maximum Gasteiger partial charge on any atom is 1.00 e. The van der Waals surface area contributed by atoms with Crippen molar-refractivity contribution in [3.63, 3.8) is 0 Å². The number of hydrogen-bond donors (Lipinski definition) is 0. The van der Waals surface area contributed by atoms with Gasteiger partial charge in [-0.1, -0.05) is 129 Å². The summed E-state index contributed by atoms with van der Waals surface area (Å²) in [7, 11) is 0. The van der Waals surface area contributed by atoms with E-state index in [0.717, 1.165) is 38.5 Å². The third kappa shape index (κ3) is 31.8. The van der Waals surface area contributed by atoms with E-state index in [4.69, 9.17) is 0 Å². The van der Waals surface area contributed by atoms with E-state index >= 15 is 0 Å². The normalized spacial score (nSPS) is 10.5. The van der Waals surface area contributed by atoms with E-state index in [2.05, 4.69) is 13.8 Å². The Hall–Kier alpha value is -0.120. The molecular formula is C34H62N2Na2O6. The summed E-state index contributed by atoms with van der Waals surface area (Å²) in [6, 6.07) is 0. The molecule has 0 radical (unpaired) electrons. The van der Waals surface area contributed by atoms with E-state index in [0.29, 0.717) is 12.8 Å². The number of amides is 2. The molecule has 0 spiro atoms. The molecule has 0 rings (SSSR count). The van der Waals surface area contributed by atoms with Crippen molar-refractivity contribution in [3.8, 4) is 0 Å². The van der Waals surface area contributed by atoms with Gasteiger partial charge in [-0.2, -0.15) is 0 Å². The van der Waals surface area contributed by atoms with Crippen molar-refractivity contribution in [2.24, 2.45) is 0 Å². The van der Waals surface area contributed by atoms with Crippen LogP contribution in [0.25, 0.3) is 0 Å². The van der Waals surface area contributed by atoms with Gasteiger partial charge in [0.2, 0.25) is 11.8 Å². The molecule has 0 heterocycles. The molecular weight excluding hydrogens is 578 g/mol. The minimum absolute atomic E-state index is 0. The number of hydrogen-bond acceptors (Lipinski definition) is 6. The first-order valence-corrected chi connectivity index (χ1v) is 17.3. The number of carboxylic acids is 2. The first-order valence-electron chi connectivity index (χ1n) is 17.3. The summed E-state index contributed by atoms with van der Waals surface area (Å²) in [5.41, 5.74) is 0. The first kappa shape index (κ1) is 48.3. The van der Waals surface area contributed by atoms with E-state index < -0.39 is 11.9 Å². The fourth-order valence-electron chi connectivity index (χ4n) is 5.26. The molecule has 0 saturated heterocycles. The molecule has 0 aliphatic rings. The number of carboxylic acid groups (broad SMARTS) is 2. The fraction of sp³-hybridized carbons (Fsp3) is 0.882. The topological polar surface area (TPSA) is 121 Å². The van der Waals surface area contributed by atoms with Crippen molar-refractivity contribution >= 4 is 23.8 Å². The third-order valence-corrected chi connectivity index (χ3v) is 8.01. The molecule has 0 aliphatic heterocycles. The van der Waals surface area contributed by atoms with Crippen LogP contribution in [0.4, 0.5) is 0 Å². The number of rotatable bonds is 31. The van der Waals surface area contributed by atoms with Crippen molar-refractivity contribution in [2.75, 3.05) is 26.2 Å². The molecule has 246 valence electrons. The van der Waals surface area contributed by atoms with Crippen molar-refractivity contribution < 1.29 is 88.5 Å². The Morgan fingerprint density at radius 1 is 0.386 bits per heavy atom. The number of nitrogens with zero attached hydrogens (tertiary/aromatic N) is 2. The molecule has 0 unspecified atom stereocenters. The van der Waals surface area contributed by atoms with Gasteiger partial charge in [0.25, 0.3) is 0 Å². The van der Waals surface area contributed by atoms with E-state index in [1.54, 1.807) is 0 Å². The Morgan fingerprint density at radius 2 is 0.636 bits per heavy atom. The van der Waals surface area contributed by atoms with Crippen LogP contribution in [-0.4, -0.2) is 59.7 Å². The predicted molar refractivity (Wildman–Crippen MR) is 165 cm³/mol. The van der Waals surface area contributed by atoms with Crippen molar-refractivity contribution in [3.05, 3.63) is 0 Å². The minimum atomic E-state index is -1.22. The second-order valence-electron chi connectivity index (χ2n) is 11.9. The van der Waals surface area contributed by atoms with Crippen LogP contribution in [0.1, 0.15) is 168 Å². The van der Waals surface area contributed by atoms with Gasteiger partial charge in [-0.25, -0.2) is 0 Å². The fourth-order valence-corrected chi connectivity index (χ4v) is 5.26. The van der Waals surface area contributed by atoms with E-state index in [1.165, 1.54) is 99.7 Å². The SMILES string of the molecule is CCCCCCCCCCCCC(=O)N(CCC(=O)[O-])CCN(CCC(=O)[O-])C(=O)CCCCCCCCCCCC.[Na+].[Na+]. The molecule has 0 aromatic rings. The zero-order chi connectivity index (χ0) is 31.3. The van der Waals surface area contributed by atoms with Crippen LogP contribution in [0.15, 0.2) is 0 Å². The first-order chi connectivity index (χ1) is 20.3. The Bertz CT molecular complexity index is 653. The maximum absolute atomic E-state index is 12.9. The smallest absolute Gasteiger partial charge is 0.550 e. The summed E-state index contributed by atoms with van der Waals surface area (Å²) < 4.78 is 0. The Balaban J connectivity index is -0.00000840. The Kier molecular flexibility index (Phi) is 39.2.